The number of hydrogen-bond donors (Lipinski definition) is 1. The van der Waals surface area contributed by atoms with Gasteiger partial charge >= 0.3 is 0 Å². The summed E-state index contributed by atoms with van der Waals surface area (Å²) in [4.78, 5) is 16.6. The Kier molecular flexibility index (Phi) is 4.09. The van der Waals surface area contributed by atoms with Gasteiger partial charge in [0.2, 0.25) is 0 Å². The molecule has 0 saturated heterocycles. The van der Waals surface area contributed by atoms with Crippen molar-refractivity contribution < 1.29 is 9.53 Å². The molecule has 1 amide bonds. The van der Waals surface area contributed by atoms with Crippen molar-refractivity contribution in [1.29, 1.82) is 0 Å². The number of hydrogen-bond acceptors (Lipinski definition) is 3. The lowest BCUT2D eigenvalue weighted by Gasteiger charge is -2.19. The van der Waals surface area contributed by atoms with Crippen LogP contribution in [0.25, 0.3) is 0 Å². The summed E-state index contributed by atoms with van der Waals surface area (Å²) in [6.07, 6.45) is 3.94. The molecule has 4 nitrogen and oxygen atoms in total. The highest BCUT2D eigenvalue weighted by Gasteiger charge is 2.33. The van der Waals surface area contributed by atoms with E-state index in [9.17, 15) is 4.79 Å². The maximum absolute atomic E-state index is 12.4. The molecule has 1 aliphatic rings. The standard InChI is InChI=1S/C18H20N2O2/c1-12-3-4-15(11-19-12)18(21)20-17(13-5-6-13)14-7-9-16(22-2)10-8-14/h3-4,7-11,13,17H,5-6H2,1-2H3,(H,20,21). The lowest BCUT2D eigenvalue weighted by molar-refractivity contribution is 0.0931. The molecule has 1 aromatic heterocycles. The Morgan fingerprint density at radius 1 is 1.23 bits per heavy atom. The normalized spacial score (nSPS) is 15.2. The predicted octanol–water partition coefficient (Wildman–Crippen LogP) is 3.28. The summed E-state index contributed by atoms with van der Waals surface area (Å²) in [5.41, 5.74) is 2.63. The zero-order valence-corrected chi connectivity index (χ0v) is 12.9. The smallest absolute Gasteiger partial charge is 0.253 e. The fourth-order valence-electron chi connectivity index (χ4n) is 2.54. The van der Waals surface area contributed by atoms with Crippen LogP contribution in [0.4, 0.5) is 0 Å². The maximum Gasteiger partial charge on any atom is 0.253 e. The van der Waals surface area contributed by atoms with Crippen molar-refractivity contribution in [2.45, 2.75) is 25.8 Å². The van der Waals surface area contributed by atoms with Gasteiger partial charge in [0.25, 0.3) is 5.91 Å². The summed E-state index contributed by atoms with van der Waals surface area (Å²) in [5, 5.41) is 3.15. The number of methoxy groups -OCH3 is 1. The van der Waals surface area contributed by atoms with Gasteiger partial charge in [0.1, 0.15) is 5.75 Å². The number of nitrogens with zero attached hydrogens (tertiary/aromatic N) is 1. The molecule has 1 atom stereocenters. The molecule has 1 heterocycles. The quantitative estimate of drug-likeness (QED) is 0.921. The Hall–Kier alpha value is -2.36. The van der Waals surface area contributed by atoms with E-state index in [4.69, 9.17) is 4.74 Å². The van der Waals surface area contributed by atoms with Crippen molar-refractivity contribution in [2.75, 3.05) is 7.11 Å². The van der Waals surface area contributed by atoms with E-state index in [0.717, 1.165) is 29.8 Å². The van der Waals surface area contributed by atoms with Gasteiger partial charge in [-0.15, -0.1) is 0 Å². The molecule has 1 N–H and O–H groups in total. The minimum Gasteiger partial charge on any atom is -0.497 e. The number of benzene rings is 1. The van der Waals surface area contributed by atoms with E-state index in [1.54, 1.807) is 13.3 Å². The van der Waals surface area contributed by atoms with Gasteiger partial charge in [-0.05, 0) is 55.5 Å². The maximum atomic E-state index is 12.4. The summed E-state index contributed by atoms with van der Waals surface area (Å²) in [7, 11) is 1.65. The van der Waals surface area contributed by atoms with E-state index < -0.39 is 0 Å². The summed E-state index contributed by atoms with van der Waals surface area (Å²) < 4.78 is 5.19. The molecular weight excluding hydrogens is 276 g/mol. The van der Waals surface area contributed by atoms with E-state index in [1.807, 2.05) is 43.3 Å². The van der Waals surface area contributed by atoms with Gasteiger partial charge in [0.05, 0.1) is 18.7 Å². The number of aromatic nitrogens is 1. The van der Waals surface area contributed by atoms with Crippen molar-refractivity contribution >= 4 is 5.91 Å². The highest BCUT2D eigenvalue weighted by atomic mass is 16.5. The zero-order chi connectivity index (χ0) is 15.5. The number of nitrogens with one attached hydrogen (secondary N) is 1. The second kappa shape index (κ2) is 6.18. The van der Waals surface area contributed by atoms with E-state index >= 15 is 0 Å². The Morgan fingerprint density at radius 2 is 1.95 bits per heavy atom. The Morgan fingerprint density at radius 3 is 2.50 bits per heavy atom. The van der Waals surface area contributed by atoms with Gasteiger partial charge in [0.15, 0.2) is 0 Å². The number of ether oxygens (including phenoxy) is 1. The van der Waals surface area contributed by atoms with E-state index in [2.05, 4.69) is 10.3 Å². The van der Waals surface area contributed by atoms with Crippen molar-refractivity contribution in [3.63, 3.8) is 0 Å². The minimum atomic E-state index is -0.0692. The van der Waals surface area contributed by atoms with Crippen LogP contribution in [0.15, 0.2) is 42.6 Å². The van der Waals surface area contributed by atoms with Crippen LogP contribution >= 0.6 is 0 Å². The van der Waals surface area contributed by atoms with Gasteiger partial charge in [-0.2, -0.15) is 0 Å². The van der Waals surface area contributed by atoms with Gasteiger partial charge in [-0.3, -0.25) is 9.78 Å². The number of pyridine rings is 1. The molecular formula is C18H20N2O2. The third-order valence-electron chi connectivity index (χ3n) is 4.03. The van der Waals surface area contributed by atoms with Gasteiger partial charge in [0, 0.05) is 11.9 Å². The van der Waals surface area contributed by atoms with Crippen LogP contribution in [-0.4, -0.2) is 18.0 Å². The molecule has 1 aromatic carbocycles. The number of amides is 1. The fraction of sp³-hybridized carbons (Fsp3) is 0.333. The number of aryl methyl sites for hydroxylation is 1. The fourth-order valence-corrected chi connectivity index (χ4v) is 2.54. The van der Waals surface area contributed by atoms with Crippen LogP contribution in [0.5, 0.6) is 5.75 Å². The Balaban J connectivity index is 1.76. The van der Waals surface area contributed by atoms with Crippen molar-refractivity contribution in [1.82, 2.24) is 10.3 Å². The van der Waals surface area contributed by atoms with Gasteiger partial charge < -0.3 is 10.1 Å². The predicted molar refractivity (Wildman–Crippen MR) is 84.9 cm³/mol. The molecule has 0 radical (unpaired) electrons. The topological polar surface area (TPSA) is 51.2 Å². The van der Waals surface area contributed by atoms with Crippen LogP contribution in [0.2, 0.25) is 0 Å². The molecule has 2 aromatic rings. The third-order valence-corrected chi connectivity index (χ3v) is 4.03. The van der Waals surface area contributed by atoms with E-state index in [0.29, 0.717) is 11.5 Å². The molecule has 1 saturated carbocycles. The highest BCUT2D eigenvalue weighted by Crippen LogP contribution is 2.41. The molecule has 3 rings (SSSR count). The highest BCUT2D eigenvalue weighted by molar-refractivity contribution is 5.94. The molecule has 22 heavy (non-hydrogen) atoms. The molecule has 0 spiro atoms. The lowest BCUT2D eigenvalue weighted by Crippen LogP contribution is -2.30. The summed E-state index contributed by atoms with van der Waals surface area (Å²) in [6.45, 7) is 1.91. The summed E-state index contributed by atoms with van der Waals surface area (Å²) >= 11 is 0. The van der Waals surface area contributed by atoms with Crippen molar-refractivity contribution in [3.8, 4) is 5.75 Å². The second-order valence-corrected chi connectivity index (χ2v) is 5.75. The lowest BCUT2D eigenvalue weighted by atomic mass is 10.0. The first-order chi connectivity index (χ1) is 10.7. The summed E-state index contributed by atoms with van der Waals surface area (Å²) in [6, 6.07) is 11.6. The van der Waals surface area contributed by atoms with Crippen LogP contribution in [0.1, 0.15) is 40.5 Å². The van der Waals surface area contributed by atoms with Gasteiger partial charge in [-0.25, -0.2) is 0 Å². The van der Waals surface area contributed by atoms with Crippen molar-refractivity contribution in [3.05, 3.63) is 59.4 Å². The monoisotopic (exact) mass is 296 g/mol. The Labute approximate surface area is 130 Å². The first-order valence-corrected chi connectivity index (χ1v) is 7.55. The molecule has 4 heteroatoms. The summed E-state index contributed by atoms with van der Waals surface area (Å²) in [5.74, 6) is 1.28. The first kappa shape index (κ1) is 14.6. The molecule has 0 bridgehead atoms. The van der Waals surface area contributed by atoms with E-state index in [-0.39, 0.29) is 11.9 Å². The van der Waals surface area contributed by atoms with Crippen LogP contribution in [0, 0.1) is 12.8 Å². The first-order valence-electron chi connectivity index (χ1n) is 7.55. The number of rotatable bonds is 5. The molecule has 1 unspecified atom stereocenters. The average molecular weight is 296 g/mol. The van der Waals surface area contributed by atoms with Crippen LogP contribution in [-0.2, 0) is 0 Å². The SMILES string of the molecule is COc1ccc(C(NC(=O)c2ccc(C)nc2)C2CC2)cc1. The zero-order valence-electron chi connectivity index (χ0n) is 12.9. The average Bonchev–Trinajstić information content (AvgIpc) is 3.38. The second-order valence-electron chi connectivity index (χ2n) is 5.75. The third kappa shape index (κ3) is 3.27. The van der Waals surface area contributed by atoms with Crippen LogP contribution < -0.4 is 10.1 Å². The van der Waals surface area contributed by atoms with Crippen molar-refractivity contribution in [2.24, 2.45) is 5.92 Å². The molecule has 0 aliphatic heterocycles. The molecule has 1 fully saturated rings. The molecule has 1 aliphatic carbocycles. The Bertz CT molecular complexity index is 646. The molecule has 114 valence electrons. The largest absolute Gasteiger partial charge is 0.497 e. The number of carbonyl (C=O) groups excluding carboxylic acids is 1. The van der Waals surface area contributed by atoms with Crippen LogP contribution in [0.3, 0.4) is 0 Å². The van der Waals surface area contributed by atoms with Gasteiger partial charge in [-0.1, -0.05) is 12.1 Å². The number of carbonyl (C=O) groups is 1. The minimum absolute atomic E-state index is 0.0553. The van der Waals surface area contributed by atoms with E-state index in [1.165, 1.54) is 0 Å².